The Morgan fingerprint density at radius 1 is 1.32 bits per heavy atom. The van der Waals surface area contributed by atoms with Crippen molar-refractivity contribution in [1.82, 2.24) is 4.57 Å². The minimum absolute atomic E-state index is 0.133. The SMILES string of the molecule is COC[C@@H](C)n1c(C)cc(C(=O)COC(=O)c2cc3c(s2)CC[C@@H](C)C3)c1C. The lowest BCUT2D eigenvalue weighted by Crippen LogP contribution is -2.16. The Morgan fingerprint density at radius 2 is 2.07 bits per heavy atom. The lowest BCUT2D eigenvalue weighted by Gasteiger charge is -2.17. The highest BCUT2D eigenvalue weighted by atomic mass is 32.1. The van der Waals surface area contributed by atoms with E-state index in [4.69, 9.17) is 9.47 Å². The van der Waals surface area contributed by atoms with Gasteiger partial charge in [-0.2, -0.15) is 0 Å². The fourth-order valence-electron chi connectivity index (χ4n) is 4.14. The third-order valence-corrected chi connectivity index (χ3v) is 6.72. The van der Waals surface area contributed by atoms with Crippen LogP contribution in [0.1, 0.15) is 68.2 Å². The predicted octanol–water partition coefficient (Wildman–Crippen LogP) is 4.54. The van der Waals surface area contributed by atoms with E-state index in [1.807, 2.05) is 26.0 Å². The normalized spacial score (nSPS) is 17.2. The van der Waals surface area contributed by atoms with Gasteiger partial charge in [-0.05, 0) is 63.6 Å². The van der Waals surface area contributed by atoms with Gasteiger partial charge in [0, 0.05) is 28.9 Å². The van der Waals surface area contributed by atoms with E-state index in [9.17, 15) is 9.59 Å². The maximum Gasteiger partial charge on any atom is 0.348 e. The van der Waals surface area contributed by atoms with Crippen LogP contribution >= 0.6 is 11.3 Å². The van der Waals surface area contributed by atoms with Gasteiger partial charge in [-0.15, -0.1) is 11.3 Å². The van der Waals surface area contributed by atoms with Crippen molar-refractivity contribution in [3.63, 3.8) is 0 Å². The second-order valence-electron chi connectivity index (χ2n) is 7.87. The summed E-state index contributed by atoms with van der Waals surface area (Å²) in [7, 11) is 1.67. The molecule has 152 valence electrons. The first kappa shape index (κ1) is 20.8. The molecule has 0 radical (unpaired) electrons. The van der Waals surface area contributed by atoms with E-state index in [0.717, 1.165) is 30.7 Å². The number of ketones is 1. The quantitative estimate of drug-likeness (QED) is 0.503. The van der Waals surface area contributed by atoms with Crippen LogP contribution in [0.2, 0.25) is 0 Å². The van der Waals surface area contributed by atoms with E-state index < -0.39 is 5.97 Å². The maximum absolute atomic E-state index is 12.7. The maximum atomic E-state index is 12.7. The third kappa shape index (κ3) is 4.23. The number of nitrogens with zero attached hydrogens (tertiary/aromatic N) is 1. The molecule has 0 saturated carbocycles. The number of aryl methyl sites for hydroxylation is 2. The molecule has 0 spiro atoms. The number of hydrogen-bond acceptors (Lipinski definition) is 5. The number of carbonyl (C=O) groups is 2. The van der Waals surface area contributed by atoms with Gasteiger partial charge in [0.15, 0.2) is 6.61 Å². The highest BCUT2D eigenvalue weighted by molar-refractivity contribution is 7.14. The van der Waals surface area contributed by atoms with Gasteiger partial charge in [-0.25, -0.2) is 4.79 Å². The molecule has 0 amide bonds. The fraction of sp³-hybridized carbons (Fsp3) is 0.545. The number of aromatic nitrogens is 1. The summed E-state index contributed by atoms with van der Waals surface area (Å²) < 4.78 is 12.7. The molecule has 6 heteroatoms. The highest BCUT2D eigenvalue weighted by Crippen LogP contribution is 2.32. The topological polar surface area (TPSA) is 57.5 Å². The molecule has 2 aromatic heterocycles. The first-order valence-electron chi connectivity index (χ1n) is 9.81. The Morgan fingerprint density at radius 3 is 2.79 bits per heavy atom. The van der Waals surface area contributed by atoms with E-state index in [1.165, 1.54) is 21.8 Å². The van der Waals surface area contributed by atoms with Gasteiger partial charge in [0.2, 0.25) is 5.78 Å². The van der Waals surface area contributed by atoms with Gasteiger partial charge in [-0.1, -0.05) is 6.92 Å². The smallest absolute Gasteiger partial charge is 0.348 e. The van der Waals surface area contributed by atoms with Crippen molar-refractivity contribution >= 4 is 23.1 Å². The van der Waals surface area contributed by atoms with Gasteiger partial charge < -0.3 is 14.0 Å². The van der Waals surface area contributed by atoms with Gasteiger partial charge in [-0.3, -0.25) is 4.79 Å². The van der Waals surface area contributed by atoms with Gasteiger partial charge in [0.25, 0.3) is 0 Å². The molecule has 2 aromatic rings. The van der Waals surface area contributed by atoms with Crippen LogP contribution in [-0.2, 0) is 22.3 Å². The molecule has 0 fully saturated rings. The van der Waals surface area contributed by atoms with Crippen molar-refractivity contribution in [2.45, 2.75) is 53.0 Å². The Balaban J connectivity index is 1.66. The number of rotatable bonds is 7. The molecule has 5 nitrogen and oxygen atoms in total. The number of carbonyl (C=O) groups excluding carboxylic acids is 2. The van der Waals surface area contributed by atoms with E-state index in [2.05, 4.69) is 18.4 Å². The molecule has 0 saturated heterocycles. The van der Waals surface area contributed by atoms with Crippen LogP contribution < -0.4 is 0 Å². The molecule has 1 aliphatic rings. The average Bonchev–Trinajstić information content (AvgIpc) is 3.19. The summed E-state index contributed by atoms with van der Waals surface area (Å²) in [5.74, 6) is 0.0810. The molecule has 0 bridgehead atoms. The number of methoxy groups -OCH3 is 1. The summed E-state index contributed by atoms with van der Waals surface area (Å²) in [6, 6.07) is 3.94. The molecule has 0 N–H and O–H groups in total. The summed E-state index contributed by atoms with van der Waals surface area (Å²) in [5, 5.41) is 0. The van der Waals surface area contributed by atoms with Crippen LogP contribution in [0.15, 0.2) is 12.1 Å². The van der Waals surface area contributed by atoms with E-state index in [0.29, 0.717) is 23.0 Å². The molecule has 0 aromatic carbocycles. The summed E-state index contributed by atoms with van der Waals surface area (Å²) >= 11 is 1.51. The summed E-state index contributed by atoms with van der Waals surface area (Å²) in [5.41, 5.74) is 3.74. The summed E-state index contributed by atoms with van der Waals surface area (Å²) in [6.07, 6.45) is 3.21. The minimum atomic E-state index is -0.401. The fourth-order valence-corrected chi connectivity index (χ4v) is 5.24. The number of hydrogen-bond donors (Lipinski definition) is 0. The van der Waals surface area contributed by atoms with Gasteiger partial charge in [0.05, 0.1) is 12.6 Å². The molecular weight excluding hydrogens is 374 g/mol. The van der Waals surface area contributed by atoms with Crippen molar-refractivity contribution in [3.8, 4) is 0 Å². The Hall–Kier alpha value is -1.92. The van der Waals surface area contributed by atoms with Crippen molar-refractivity contribution in [2.75, 3.05) is 20.3 Å². The number of fused-ring (bicyclic) bond motifs is 1. The molecular formula is C22H29NO4S. The van der Waals surface area contributed by atoms with Crippen LogP contribution in [0.5, 0.6) is 0 Å². The van der Waals surface area contributed by atoms with Crippen molar-refractivity contribution in [3.05, 3.63) is 44.4 Å². The standard InChI is InChI=1S/C22H29NO4S/c1-13-6-7-20-17(8-13)10-21(28-20)22(25)27-12-19(24)18-9-14(2)23(16(18)4)15(3)11-26-5/h9-10,13,15H,6-8,11-12H2,1-5H3/t13-,15-/m1/s1. The molecule has 2 heterocycles. The van der Waals surface area contributed by atoms with Crippen molar-refractivity contribution in [1.29, 1.82) is 0 Å². The van der Waals surface area contributed by atoms with E-state index >= 15 is 0 Å². The number of ether oxygens (including phenoxy) is 2. The number of thiophene rings is 1. The summed E-state index contributed by atoms with van der Waals surface area (Å²) in [6.45, 7) is 8.52. The second-order valence-corrected chi connectivity index (χ2v) is 9.00. The van der Waals surface area contributed by atoms with Crippen LogP contribution in [0.25, 0.3) is 0 Å². The molecule has 28 heavy (non-hydrogen) atoms. The second kappa shape index (κ2) is 8.62. The zero-order valence-electron chi connectivity index (χ0n) is 17.3. The molecule has 0 aliphatic heterocycles. The average molecular weight is 404 g/mol. The first-order chi connectivity index (χ1) is 13.3. The van der Waals surface area contributed by atoms with Crippen molar-refractivity contribution in [2.24, 2.45) is 5.92 Å². The number of esters is 1. The zero-order valence-corrected chi connectivity index (χ0v) is 18.1. The van der Waals surface area contributed by atoms with E-state index in [-0.39, 0.29) is 18.4 Å². The highest BCUT2D eigenvalue weighted by Gasteiger charge is 2.23. The van der Waals surface area contributed by atoms with Crippen LogP contribution in [0.4, 0.5) is 0 Å². The molecule has 1 aliphatic carbocycles. The lowest BCUT2D eigenvalue weighted by molar-refractivity contribution is 0.0479. The van der Waals surface area contributed by atoms with Crippen LogP contribution in [0, 0.1) is 19.8 Å². The predicted molar refractivity (Wildman–Crippen MR) is 111 cm³/mol. The lowest BCUT2D eigenvalue weighted by atomic mass is 9.90. The monoisotopic (exact) mass is 403 g/mol. The molecule has 2 atom stereocenters. The van der Waals surface area contributed by atoms with Crippen LogP contribution in [-0.4, -0.2) is 36.6 Å². The molecule has 3 rings (SSSR count). The number of Topliss-reactive ketones (excluding diaryl/α,β-unsaturated/α-hetero) is 1. The van der Waals surface area contributed by atoms with Crippen molar-refractivity contribution < 1.29 is 19.1 Å². The summed E-state index contributed by atoms with van der Waals surface area (Å²) in [4.78, 5) is 27.0. The third-order valence-electron chi connectivity index (χ3n) is 5.50. The molecule has 0 unspecified atom stereocenters. The Bertz CT molecular complexity index is 879. The van der Waals surface area contributed by atoms with Gasteiger partial charge in [0.1, 0.15) is 4.88 Å². The Labute approximate surface area is 170 Å². The van der Waals surface area contributed by atoms with Gasteiger partial charge >= 0.3 is 5.97 Å². The van der Waals surface area contributed by atoms with Crippen LogP contribution in [0.3, 0.4) is 0 Å². The zero-order chi connectivity index (χ0) is 20.4. The first-order valence-corrected chi connectivity index (χ1v) is 10.6. The minimum Gasteiger partial charge on any atom is -0.453 e. The Kier molecular flexibility index (Phi) is 6.40. The van der Waals surface area contributed by atoms with E-state index in [1.54, 1.807) is 7.11 Å². The largest absolute Gasteiger partial charge is 0.453 e.